The number of aryl methyl sites for hydroxylation is 1. The molecule has 0 bridgehead atoms. The summed E-state index contributed by atoms with van der Waals surface area (Å²) in [5.41, 5.74) is 1.20. The van der Waals surface area contributed by atoms with Gasteiger partial charge < -0.3 is 15.5 Å². The second-order valence-electron chi connectivity index (χ2n) is 8.87. The van der Waals surface area contributed by atoms with Crippen molar-refractivity contribution < 1.29 is 4.79 Å². The van der Waals surface area contributed by atoms with E-state index in [4.69, 9.17) is 4.99 Å². The van der Waals surface area contributed by atoms with Crippen molar-refractivity contribution in [2.24, 2.45) is 16.8 Å². The maximum absolute atomic E-state index is 12.2. The first-order chi connectivity index (χ1) is 14.4. The van der Waals surface area contributed by atoms with Gasteiger partial charge in [-0.15, -0.1) is 35.3 Å². The predicted molar refractivity (Wildman–Crippen MR) is 139 cm³/mol. The Morgan fingerprint density at radius 2 is 2.03 bits per heavy atom. The summed E-state index contributed by atoms with van der Waals surface area (Å²) in [6.45, 7) is 14.6. The summed E-state index contributed by atoms with van der Waals surface area (Å²) in [6, 6.07) is 0.286. The number of halogens is 1. The molecule has 1 aromatic rings. The van der Waals surface area contributed by atoms with Gasteiger partial charge in [-0.25, -0.2) is 4.98 Å². The lowest BCUT2D eigenvalue weighted by atomic mass is 9.97. The molecule has 9 heteroatoms. The van der Waals surface area contributed by atoms with Crippen LogP contribution in [0, 0.1) is 18.8 Å². The van der Waals surface area contributed by atoms with Crippen molar-refractivity contribution in [3.05, 3.63) is 16.1 Å². The Morgan fingerprint density at radius 3 is 2.65 bits per heavy atom. The zero-order chi connectivity index (χ0) is 21.5. The zero-order valence-corrected chi connectivity index (χ0v) is 22.5. The quantitative estimate of drug-likeness (QED) is 0.304. The van der Waals surface area contributed by atoms with Crippen LogP contribution in [0.25, 0.3) is 0 Å². The van der Waals surface area contributed by atoms with Gasteiger partial charge in [0.05, 0.1) is 10.7 Å². The standard InChI is InChI=1S/C22H38N6OS.HI/c1-5-23-22(26-19-8-11-28(14-19)21(29)16(2)3)24-12-18-6-9-27(10-7-18)13-20-15-30-17(4)25-20;/h15-16,18-19H,5-14H2,1-4H3,(H2,23,24,26);1H. The number of thiazole rings is 1. The number of rotatable bonds is 7. The van der Waals surface area contributed by atoms with E-state index < -0.39 is 0 Å². The van der Waals surface area contributed by atoms with Crippen molar-refractivity contribution in [1.29, 1.82) is 0 Å². The molecular weight excluding hydrogens is 523 g/mol. The number of nitrogens with one attached hydrogen (secondary N) is 2. The van der Waals surface area contributed by atoms with Crippen molar-refractivity contribution in [3.8, 4) is 0 Å². The molecule has 2 aliphatic rings. The molecule has 3 heterocycles. The summed E-state index contributed by atoms with van der Waals surface area (Å²) in [5.74, 6) is 1.84. The average molecular weight is 563 g/mol. The monoisotopic (exact) mass is 562 g/mol. The highest BCUT2D eigenvalue weighted by atomic mass is 127. The highest BCUT2D eigenvalue weighted by Crippen LogP contribution is 2.20. The van der Waals surface area contributed by atoms with Gasteiger partial charge in [0.2, 0.25) is 5.91 Å². The lowest BCUT2D eigenvalue weighted by molar-refractivity contribution is -0.133. The van der Waals surface area contributed by atoms with Crippen LogP contribution in [-0.2, 0) is 11.3 Å². The van der Waals surface area contributed by atoms with E-state index in [-0.39, 0.29) is 41.8 Å². The number of aromatic nitrogens is 1. The van der Waals surface area contributed by atoms with Gasteiger partial charge in [-0.3, -0.25) is 14.7 Å². The Hall–Kier alpha value is -0.940. The third-order valence-electron chi connectivity index (χ3n) is 5.95. The molecule has 0 spiro atoms. The second-order valence-corrected chi connectivity index (χ2v) is 9.93. The topological polar surface area (TPSA) is 72.9 Å². The predicted octanol–water partition coefficient (Wildman–Crippen LogP) is 3.09. The van der Waals surface area contributed by atoms with Crippen LogP contribution in [0.3, 0.4) is 0 Å². The largest absolute Gasteiger partial charge is 0.357 e. The molecule has 2 N–H and O–H groups in total. The first-order valence-corrected chi connectivity index (χ1v) is 12.3. The van der Waals surface area contributed by atoms with Crippen molar-refractivity contribution in [3.63, 3.8) is 0 Å². The number of carbonyl (C=O) groups is 1. The van der Waals surface area contributed by atoms with E-state index in [1.807, 2.05) is 18.7 Å². The summed E-state index contributed by atoms with van der Waals surface area (Å²) in [5, 5.41) is 10.3. The normalized spacial score (nSPS) is 20.7. The number of guanidine groups is 1. The van der Waals surface area contributed by atoms with E-state index in [0.29, 0.717) is 5.92 Å². The fourth-order valence-corrected chi connectivity index (χ4v) is 4.82. The van der Waals surface area contributed by atoms with Gasteiger partial charge >= 0.3 is 0 Å². The van der Waals surface area contributed by atoms with Crippen LogP contribution in [0.15, 0.2) is 10.4 Å². The average Bonchev–Trinajstić information content (AvgIpc) is 3.35. The maximum Gasteiger partial charge on any atom is 0.225 e. The molecule has 176 valence electrons. The fraction of sp³-hybridized carbons (Fsp3) is 0.773. The number of nitrogens with zero attached hydrogens (tertiary/aromatic N) is 4. The first kappa shape index (κ1) is 26.3. The molecule has 1 amide bonds. The number of hydrogen-bond acceptors (Lipinski definition) is 5. The molecule has 0 aromatic carbocycles. The molecule has 1 atom stereocenters. The molecule has 2 fully saturated rings. The third kappa shape index (κ3) is 8.16. The number of aliphatic imine (C=N–C) groups is 1. The lowest BCUT2D eigenvalue weighted by Gasteiger charge is -2.31. The molecule has 0 saturated carbocycles. The van der Waals surface area contributed by atoms with Crippen molar-refractivity contribution in [2.75, 3.05) is 39.3 Å². The molecular formula is C22H39IN6OS. The molecule has 0 aliphatic carbocycles. The number of hydrogen-bond donors (Lipinski definition) is 2. The number of carbonyl (C=O) groups excluding carboxylic acids is 1. The number of piperidine rings is 1. The van der Waals surface area contributed by atoms with E-state index >= 15 is 0 Å². The molecule has 1 unspecified atom stereocenters. The van der Waals surface area contributed by atoms with Crippen LogP contribution in [0.1, 0.15) is 50.7 Å². The van der Waals surface area contributed by atoms with Gasteiger partial charge in [0.25, 0.3) is 0 Å². The summed E-state index contributed by atoms with van der Waals surface area (Å²) in [6.07, 6.45) is 3.36. The van der Waals surface area contributed by atoms with Gasteiger partial charge in [0, 0.05) is 50.1 Å². The smallest absolute Gasteiger partial charge is 0.225 e. The van der Waals surface area contributed by atoms with E-state index in [1.54, 1.807) is 11.3 Å². The Balaban J connectivity index is 0.00000341. The van der Waals surface area contributed by atoms with Crippen LogP contribution >= 0.6 is 35.3 Å². The molecule has 2 aliphatic heterocycles. The minimum Gasteiger partial charge on any atom is -0.357 e. The van der Waals surface area contributed by atoms with Crippen molar-refractivity contribution in [2.45, 2.75) is 59.5 Å². The fourth-order valence-electron chi connectivity index (χ4n) is 4.21. The van der Waals surface area contributed by atoms with Crippen LogP contribution in [0.5, 0.6) is 0 Å². The second kappa shape index (κ2) is 12.9. The molecule has 2 saturated heterocycles. The van der Waals surface area contributed by atoms with Gasteiger partial charge in [0.1, 0.15) is 0 Å². The minimum atomic E-state index is 0. The summed E-state index contributed by atoms with van der Waals surface area (Å²) in [7, 11) is 0. The molecule has 0 radical (unpaired) electrons. The van der Waals surface area contributed by atoms with Crippen LogP contribution in [0.4, 0.5) is 0 Å². The Morgan fingerprint density at radius 1 is 1.29 bits per heavy atom. The van der Waals surface area contributed by atoms with Gasteiger partial charge in [0.15, 0.2) is 5.96 Å². The molecule has 1 aromatic heterocycles. The minimum absolute atomic E-state index is 0. The van der Waals surface area contributed by atoms with E-state index in [1.165, 1.54) is 18.5 Å². The van der Waals surface area contributed by atoms with Crippen molar-refractivity contribution in [1.82, 2.24) is 25.4 Å². The Kier molecular flexibility index (Phi) is 11.0. The van der Waals surface area contributed by atoms with Crippen molar-refractivity contribution >= 4 is 47.2 Å². The zero-order valence-electron chi connectivity index (χ0n) is 19.4. The first-order valence-electron chi connectivity index (χ1n) is 11.4. The summed E-state index contributed by atoms with van der Waals surface area (Å²) >= 11 is 1.73. The highest BCUT2D eigenvalue weighted by Gasteiger charge is 2.28. The highest BCUT2D eigenvalue weighted by molar-refractivity contribution is 14.0. The molecule has 3 rings (SSSR count). The molecule has 31 heavy (non-hydrogen) atoms. The van der Waals surface area contributed by atoms with E-state index in [2.05, 4.69) is 39.7 Å². The Bertz CT molecular complexity index is 717. The van der Waals surface area contributed by atoms with Gasteiger partial charge in [-0.05, 0) is 52.1 Å². The van der Waals surface area contributed by atoms with Crippen LogP contribution in [0.2, 0.25) is 0 Å². The third-order valence-corrected chi connectivity index (χ3v) is 6.77. The van der Waals surface area contributed by atoms with E-state index in [0.717, 1.165) is 63.2 Å². The van der Waals surface area contributed by atoms with Gasteiger partial charge in [-0.2, -0.15) is 0 Å². The van der Waals surface area contributed by atoms with Crippen LogP contribution < -0.4 is 10.6 Å². The number of amides is 1. The van der Waals surface area contributed by atoms with Gasteiger partial charge in [-0.1, -0.05) is 13.8 Å². The summed E-state index contributed by atoms with van der Waals surface area (Å²) < 4.78 is 0. The van der Waals surface area contributed by atoms with Crippen LogP contribution in [-0.4, -0.2) is 72.0 Å². The van der Waals surface area contributed by atoms with E-state index in [9.17, 15) is 4.79 Å². The summed E-state index contributed by atoms with van der Waals surface area (Å²) in [4.78, 5) is 26.2. The number of likely N-dealkylation sites (tertiary alicyclic amines) is 2. The lowest BCUT2D eigenvalue weighted by Crippen LogP contribution is -2.45. The maximum atomic E-state index is 12.2. The molecule has 7 nitrogen and oxygen atoms in total. The SMILES string of the molecule is CCNC(=NCC1CCN(Cc2csc(C)n2)CC1)NC1CCN(C(=O)C(C)C)C1.I. The Labute approximate surface area is 208 Å².